The Hall–Kier alpha value is -1.02. The topological polar surface area (TPSA) is 26.0 Å². The van der Waals surface area contributed by atoms with Crippen LogP contribution in [0.2, 0.25) is 10.0 Å². The molecule has 0 saturated carbocycles. The molecular weight excluding hydrogens is 301 g/mol. The average molecular weight is 320 g/mol. The molecule has 110 valence electrons. The van der Waals surface area contributed by atoms with E-state index >= 15 is 0 Å². The second-order valence-corrected chi connectivity index (χ2v) is 6.94. The largest absolute Gasteiger partial charge is 0.321 e. The molecule has 21 heavy (non-hydrogen) atoms. The van der Waals surface area contributed by atoms with Crippen molar-refractivity contribution in [3.8, 4) is 0 Å². The Morgan fingerprint density at radius 1 is 1.19 bits per heavy atom. The molecule has 2 unspecified atom stereocenters. The van der Waals surface area contributed by atoms with Crippen LogP contribution in [0.3, 0.4) is 0 Å². The van der Waals surface area contributed by atoms with E-state index in [4.69, 9.17) is 28.9 Å². The number of halogens is 2. The van der Waals surface area contributed by atoms with Crippen molar-refractivity contribution in [2.24, 2.45) is 5.73 Å². The summed E-state index contributed by atoms with van der Waals surface area (Å²) in [5.74, 6) is 0.563. The third-order valence-electron chi connectivity index (χ3n) is 4.57. The molecule has 3 heteroatoms. The van der Waals surface area contributed by atoms with Crippen LogP contribution in [0.25, 0.3) is 0 Å². The van der Waals surface area contributed by atoms with Crippen molar-refractivity contribution < 1.29 is 0 Å². The molecule has 0 fully saturated rings. The summed E-state index contributed by atoms with van der Waals surface area (Å²) in [6.07, 6.45) is 2.79. The second kappa shape index (κ2) is 5.64. The molecule has 2 aromatic rings. The van der Waals surface area contributed by atoms with E-state index in [1.165, 1.54) is 11.1 Å². The first kappa shape index (κ1) is 14.9. The van der Waals surface area contributed by atoms with Gasteiger partial charge in [-0.3, -0.25) is 0 Å². The zero-order valence-corrected chi connectivity index (χ0v) is 13.6. The molecule has 2 aromatic carbocycles. The smallest absolute Gasteiger partial charge is 0.0454 e. The molecule has 1 aliphatic rings. The minimum Gasteiger partial charge on any atom is -0.321 e. The molecule has 2 atom stereocenters. The second-order valence-electron chi connectivity index (χ2n) is 6.10. The van der Waals surface area contributed by atoms with Gasteiger partial charge in [0.25, 0.3) is 0 Å². The number of fused-ring (bicyclic) bond motifs is 1. The lowest BCUT2D eigenvalue weighted by Gasteiger charge is -2.39. The fourth-order valence-electron chi connectivity index (χ4n) is 3.35. The van der Waals surface area contributed by atoms with Gasteiger partial charge in [-0.05, 0) is 60.1 Å². The Morgan fingerprint density at radius 3 is 2.76 bits per heavy atom. The quantitative estimate of drug-likeness (QED) is 0.799. The van der Waals surface area contributed by atoms with Crippen molar-refractivity contribution in [1.29, 1.82) is 0 Å². The monoisotopic (exact) mass is 319 g/mol. The van der Waals surface area contributed by atoms with Gasteiger partial charge in [0.05, 0.1) is 0 Å². The zero-order chi connectivity index (χ0) is 15.0. The predicted molar refractivity (Wildman–Crippen MR) is 90.1 cm³/mol. The first-order valence-corrected chi connectivity index (χ1v) is 8.07. The summed E-state index contributed by atoms with van der Waals surface area (Å²) in [7, 11) is 0. The molecule has 0 saturated heterocycles. The molecule has 1 nitrogen and oxygen atoms in total. The van der Waals surface area contributed by atoms with E-state index in [2.05, 4.69) is 31.2 Å². The van der Waals surface area contributed by atoms with E-state index < -0.39 is 0 Å². The summed E-state index contributed by atoms with van der Waals surface area (Å²) >= 11 is 12.4. The maximum Gasteiger partial charge on any atom is 0.0454 e. The van der Waals surface area contributed by atoms with Crippen molar-refractivity contribution in [1.82, 2.24) is 0 Å². The van der Waals surface area contributed by atoms with Crippen LogP contribution in [-0.2, 0) is 12.0 Å². The maximum atomic E-state index is 6.78. The molecular formula is C18H19Cl2N. The summed E-state index contributed by atoms with van der Waals surface area (Å²) < 4.78 is 0. The first-order valence-electron chi connectivity index (χ1n) is 7.32. The molecule has 0 amide bonds. The van der Waals surface area contributed by atoms with Crippen LogP contribution in [-0.4, -0.2) is 0 Å². The highest BCUT2D eigenvalue weighted by molar-refractivity contribution is 6.33. The Morgan fingerprint density at radius 2 is 1.95 bits per heavy atom. The van der Waals surface area contributed by atoms with Gasteiger partial charge in [-0.25, -0.2) is 0 Å². The van der Waals surface area contributed by atoms with Crippen molar-refractivity contribution in [2.75, 3.05) is 0 Å². The Balaban J connectivity index is 2.02. The molecule has 0 spiro atoms. The van der Waals surface area contributed by atoms with Crippen molar-refractivity contribution >= 4 is 23.2 Å². The van der Waals surface area contributed by atoms with Crippen LogP contribution in [0.4, 0.5) is 0 Å². The zero-order valence-electron chi connectivity index (χ0n) is 12.1. The fraction of sp³-hybridized carbons (Fsp3) is 0.333. The van der Waals surface area contributed by atoms with E-state index in [-0.39, 0.29) is 5.54 Å². The van der Waals surface area contributed by atoms with Gasteiger partial charge < -0.3 is 5.73 Å². The maximum absolute atomic E-state index is 6.78. The lowest BCUT2D eigenvalue weighted by atomic mass is 9.70. The lowest BCUT2D eigenvalue weighted by Crippen LogP contribution is -2.42. The number of nitrogens with two attached hydrogens (primary N) is 1. The van der Waals surface area contributed by atoms with Crippen molar-refractivity contribution in [2.45, 2.75) is 37.6 Å². The summed E-state index contributed by atoms with van der Waals surface area (Å²) in [6, 6.07) is 14.1. The van der Waals surface area contributed by atoms with Gasteiger partial charge in [0, 0.05) is 15.6 Å². The van der Waals surface area contributed by atoms with Gasteiger partial charge in [0.1, 0.15) is 0 Å². The summed E-state index contributed by atoms with van der Waals surface area (Å²) in [5, 5.41) is 1.44. The molecule has 1 aliphatic carbocycles. The fourth-order valence-corrected chi connectivity index (χ4v) is 3.73. The van der Waals surface area contributed by atoms with Gasteiger partial charge in [-0.1, -0.05) is 54.4 Å². The Bertz CT molecular complexity index is 668. The highest BCUT2D eigenvalue weighted by Gasteiger charge is 2.35. The van der Waals surface area contributed by atoms with Crippen LogP contribution in [0, 0.1) is 0 Å². The molecule has 2 N–H and O–H groups in total. The van der Waals surface area contributed by atoms with Gasteiger partial charge in [0.2, 0.25) is 0 Å². The number of benzene rings is 2. The molecule has 0 bridgehead atoms. The van der Waals surface area contributed by atoms with Gasteiger partial charge >= 0.3 is 0 Å². The van der Waals surface area contributed by atoms with E-state index in [1.807, 2.05) is 18.2 Å². The normalized spacial score (nSPS) is 24.7. The van der Waals surface area contributed by atoms with E-state index in [1.54, 1.807) is 0 Å². The third-order valence-corrected chi connectivity index (χ3v) is 5.17. The number of hydrogen-bond donors (Lipinski definition) is 1. The van der Waals surface area contributed by atoms with Crippen LogP contribution in [0.5, 0.6) is 0 Å². The van der Waals surface area contributed by atoms with Crippen LogP contribution < -0.4 is 5.73 Å². The van der Waals surface area contributed by atoms with Gasteiger partial charge in [0.15, 0.2) is 0 Å². The van der Waals surface area contributed by atoms with Gasteiger partial charge in [-0.2, -0.15) is 0 Å². The van der Waals surface area contributed by atoms with E-state index in [9.17, 15) is 0 Å². The molecule has 0 radical (unpaired) electrons. The highest BCUT2D eigenvalue weighted by atomic mass is 35.5. The average Bonchev–Trinajstić information content (AvgIpc) is 2.48. The highest BCUT2D eigenvalue weighted by Crippen LogP contribution is 2.42. The molecule has 3 rings (SSSR count). The van der Waals surface area contributed by atoms with Crippen LogP contribution in [0.1, 0.15) is 42.4 Å². The summed E-state index contributed by atoms with van der Waals surface area (Å²) in [5.41, 5.74) is 10.1. The van der Waals surface area contributed by atoms with Gasteiger partial charge in [-0.15, -0.1) is 0 Å². The van der Waals surface area contributed by atoms with Crippen LogP contribution in [0.15, 0.2) is 42.5 Å². The number of hydrogen-bond acceptors (Lipinski definition) is 1. The third kappa shape index (κ3) is 2.83. The Labute approximate surface area is 136 Å². The number of rotatable bonds is 2. The summed E-state index contributed by atoms with van der Waals surface area (Å²) in [6.45, 7) is 2.27. The van der Waals surface area contributed by atoms with Crippen molar-refractivity contribution in [3.63, 3.8) is 0 Å². The lowest BCUT2D eigenvalue weighted by molar-refractivity contribution is 0.349. The minimum atomic E-state index is -0.364. The van der Waals surface area contributed by atoms with E-state index in [0.717, 1.165) is 29.8 Å². The minimum absolute atomic E-state index is 0.364. The predicted octanol–water partition coefficient (Wildman–Crippen LogP) is 5.29. The molecule has 0 aromatic heterocycles. The first-order chi connectivity index (χ1) is 9.99. The molecule has 0 heterocycles. The molecule has 0 aliphatic heterocycles. The van der Waals surface area contributed by atoms with Crippen molar-refractivity contribution in [3.05, 3.63) is 69.2 Å². The summed E-state index contributed by atoms with van der Waals surface area (Å²) in [4.78, 5) is 0. The SMILES string of the molecule is CC1CCC(N)(Cc2cc(Cl)ccc2Cl)c2ccccc21. The van der Waals surface area contributed by atoms with E-state index in [0.29, 0.717) is 10.9 Å². The standard InChI is InChI=1S/C18H19Cl2N/c1-12-8-9-18(21,16-5-3-2-4-15(12)16)11-13-10-14(19)6-7-17(13)20/h2-7,10,12H,8-9,11,21H2,1H3. The van der Waals surface area contributed by atoms with Crippen LogP contribution >= 0.6 is 23.2 Å². The Kier molecular flexibility index (Phi) is 4.00.